The van der Waals surface area contributed by atoms with E-state index in [0.29, 0.717) is 5.82 Å². The number of hydrogen-bond donors (Lipinski definition) is 2. The van der Waals surface area contributed by atoms with Gasteiger partial charge in [0.25, 0.3) is 0 Å². The molecule has 1 aromatic heterocycles. The summed E-state index contributed by atoms with van der Waals surface area (Å²) in [6.07, 6.45) is 1.52. The molecule has 0 aliphatic heterocycles. The van der Waals surface area contributed by atoms with Crippen molar-refractivity contribution >= 4 is 17.7 Å². The first kappa shape index (κ1) is 9.24. The molecule has 0 atom stereocenters. The van der Waals surface area contributed by atoms with Crippen LogP contribution in [-0.4, -0.2) is 29.5 Å². The van der Waals surface area contributed by atoms with Gasteiger partial charge < -0.3 is 16.4 Å². The Morgan fingerprint density at radius 3 is 2.92 bits per heavy atom. The smallest absolute Gasteiger partial charge is 0.236 e. The first-order valence-electron chi connectivity index (χ1n) is 3.67. The van der Waals surface area contributed by atoms with Gasteiger partial charge in [0.05, 0.1) is 6.54 Å². The molecule has 1 amide bonds. The molecule has 0 aromatic carbocycles. The zero-order valence-electron chi connectivity index (χ0n) is 7.27. The van der Waals surface area contributed by atoms with Gasteiger partial charge in [-0.05, 0) is 6.07 Å². The summed E-state index contributed by atoms with van der Waals surface area (Å²) in [5, 5.41) is 0. The van der Waals surface area contributed by atoms with Gasteiger partial charge in [0.1, 0.15) is 5.82 Å². The maximum absolute atomic E-state index is 10.6. The molecule has 0 saturated carbocycles. The lowest BCUT2D eigenvalue weighted by Crippen LogP contribution is -2.31. The van der Waals surface area contributed by atoms with E-state index in [-0.39, 0.29) is 12.5 Å². The second-order valence-electron chi connectivity index (χ2n) is 2.60. The Morgan fingerprint density at radius 1 is 1.69 bits per heavy atom. The van der Waals surface area contributed by atoms with Crippen molar-refractivity contribution in [3.8, 4) is 0 Å². The van der Waals surface area contributed by atoms with Gasteiger partial charge in [0.15, 0.2) is 0 Å². The van der Waals surface area contributed by atoms with Crippen LogP contribution in [0, 0.1) is 0 Å². The third-order valence-electron chi connectivity index (χ3n) is 1.44. The summed E-state index contributed by atoms with van der Waals surface area (Å²) in [6.45, 7) is 0.108. The Kier molecular flexibility index (Phi) is 2.63. The minimum atomic E-state index is -0.417. The number of amides is 1. The molecule has 0 unspecified atom stereocenters. The topological polar surface area (TPSA) is 98.1 Å². The maximum Gasteiger partial charge on any atom is 0.236 e. The van der Waals surface area contributed by atoms with Crippen LogP contribution in [0.25, 0.3) is 0 Å². The Hall–Kier alpha value is -1.85. The fraction of sp³-hybridized carbons (Fsp3) is 0.286. The average molecular weight is 181 g/mol. The Labute approximate surface area is 75.6 Å². The van der Waals surface area contributed by atoms with Gasteiger partial charge >= 0.3 is 0 Å². The van der Waals surface area contributed by atoms with E-state index in [2.05, 4.69) is 9.97 Å². The van der Waals surface area contributed by atoms with Crippen molar-refractivity contribution in [2.45, 2.75) is 0 Å². The summed E-state index contributed by atoms with van der Waals surface area (Å²) in [6, 6.07) is 1.65. The minimum absolute atomic E-state index is 0.108. The monoisotopic (exact) mass is 181 g/mol. The Morgan fingerprint density at radius 2 is 2.38 bits per heavy atom. The number of anilines is 2. The molecular formula is C7H11N5O. The second kappa shape index (κ2) is 3.70. The van der Waals surface area contributed by atoms with Gasteiger partial charge in [-0.1, -0.05) is 0 Å². The predicted octanol–water partition coefficient (Wildman–Crippen LogP) is -1.02. The zero-order valence-corrected chi connectivity index (χ0v) is 7.27. The first-order chi connectivity index (χ1) is 6.09. The molecule has 0 radical (unpaired) electrons. The third kappa shape index (κ3) is 2.58. The number of rotatable bonds is 3. The fourth-order valence-corrected chi connectivity index (χ4v) is 0.891. The van der Waals surface area contributed by atoms with Crippen LogP contribution >= 0.6 is 0 Å². The highest BCUT2D eigenvalue weighted by atomic mass is 16.1. The van der Waals surface area contributed by atoms with Crippen LogP contribution < -0.4 is 16.4 Å². The minimum Gasteiger partial charge on any atom is -0.368 e. The summed E-state index contributed by atoms with van der Waals surface area (Å²) in [7, 11) is 1.70. The molecule has 0 saturated heterocycles. The van der Waals surface area contributed by atoms with Crippen molar-refractivity contribution in [3.63, 3.8) is 0 Å². The number of carbonyl (C=O) groups excluding carboxylic acids is 1. The first-order valence-corrected chi connectivity index (χ1v) is 3.67. The number of hydrogen-bond acceptors (Lipinski definition) is 5. The second-order valence-corrected chi connectivity index (χ2v) is 2.60. The molecule has 0 aliphatic rings. The van der Waals surface area contributed by atoms with E-state index < -0.39 is 5.91 Å². The molecule has 1 rings (SSSR count). The normalized spacial score (nSPS) is 9.62. The zero-order chi connectivity index (χ0) is 9.84. The molecule has 13 heavy (non-hydrogen) atoms. The van der Waals surface area contributed by atoms with E-state index in [1.54, 1.807) is 18.0 Å². The number of carbonyl (C=O) groups is 1. The molecule has 70 valence electrons. The highest BCUT2D eigenvalue weighted by Crippen LogP contribution is 2.07. The van der Waals surface area contributed by atoms with E-state index in [4.69, 9.17) is 11.5 Å². The molecule has 1 aromatic rings. The molecule has 0 bridgehead atoms. The summed E-state index contributed by atoms with van der Waals surface area (Å²) in [5.41, 5.74) is 10.4. The molecule has 0 aliphatic carbocycles. The van der Waals surface area contributed by atoms with Crippen LogP contribution in [0.4, 0.5) is 11.8 Å². The summed E-state index contributed by atoms with van der Waals surface area (Å²) < 4.78 is 0. The number of aromatic nitrogens is 2. The van der Waals surface area contributed by atoms with Crippen LogP contribution in [0.3, 0.4) is 0 Å². The summed E-state index contributed by atoms with van der Waals surface area (Å²) in [5.74, 6) is 0.333. The van der Waals surface area contributed by atoms with Gasteiger partial charge in [0.2, 0.25) is 11.9 Å². The van der Waals surface area contributed by atoms with Crippen molar-refractivity contribution in [3.05, 3.63) is 12.3 Å². The van der Waals surface area contributed by atoms with Crippen LogP contribution in [0.15, 0.2) is 12.3 Å². The van der Waals surface area contributed by atoms with Gasteiger partial charge in [-0.25, -0.2) is 4.98 Å². The standard InChI is InChI=1S/C7H11N5O/c1-12(4-5(8)13)6-2-3-10-7(9)11-6/h2-3H,4H2,1H3,(H2,8,13)(H2,9,10,11). The van der Waals surface area contributed by atoms with E-state index in [0.717, 1.165) is 0 Å². The van der Waals surface area contributed by atoms with Crippen molar-refractivity contribution in [2.75, 3.05) is 24.2 Å². The molecular weight excluding hydrogens is 170 g/mol. The van der Waals surface area contributed by atoms with E-state index >= 15 is 0 Å². The van der Waals surface area contributed by atoms with Crippen LogP contribution in [0.2, 0.25) is 0 Å². The Balaban J connectivity index is 2.76. The third-order valence-corrected chi connectivity index (χ3v) is 1.44. The molecule has 0 fully saturated rings. The lowest BCUT2D eigenvalue weighted by molar-refractivity contribution is -0.116. The highest BCUT2D eigenvalue weighted by molar-refractivity contribution is 5.79. The average Bonchev–Trinajstić information content (AvgIpc) is 2.03. The molecule has 4 N–H and O–H groups in total. The van der Waals surface area contributed by atoms with E-state index in [9.17, 15) is 4.79 Å². The Bertz CT molecular complexity index is 314. The van der Waals surface area contributed by atoms with Crippen LogP contribution in [-0.2, 0) is 4.79 Å². The number of likely N-dealkylation sites (N-methyl/N-ethyl adjacent to an activating group) is 1. The van der Waals surface area contributed by atoms with Gasteiger partial charge in [0, 0.05) is 13.2 Å². The van der Waals surface area contributed by atoms with Crippen LogP contribution in [0.1, 0.15) is 0 Å². The lowest BCUT2D eigenvalue weighted by Gasteiger charge is -2.15. The summed E-state index contributed by atoms with van der Waals surface area (Å²) >= 11 is 0. The number of nitrogen functional groups attached to an aromatic ring is 1. The van der Waals surface area contributed by atoms with Crippen LogP contribution in [0.5, 0.6) is 0 Å². The number of nitrogens with two attached hydrogens (primary N) is 2. The SMILES string of the molecule is CN(CC(N)=O)c1ccnc(N)n1. The molecule has 6 heteroatoms. The quantitative estimate of drug-likeness (QED) is 0.622. The van der Waals surface area contributed by atoms with E-state index in [1.807, 2.05) is 0 Å². The van der Waals surface area contributed by atoms with Crippen molar-refractivity contribution in [1.29, 1.82) is 0 Å². The van der Waals surface area contributed by atoms with Gasteiger partial charge in [-0.2, -0.15) is 4.98 Å². The highest BCUT2D eigenvalue weighted by Gasteiger charge is 2.05. The predicted molar refractivity (Wildman–Crippen MR) is 48.9 cm³/mol. The maximum atomic E-state index is 10.6. The number of primary amides is 1. The number of nitrogens with zero attached hydrogens (tertiary/aromatic N) is 3. The van der Waals surface area contributed by atoms with E-state index in [1.165, 1.54) is 6.20 Å². The van der Waals surface area contributed by atoms with Crippen molar-refractivity contribution < 1.29 is 4.79 Å². The largest absolute Gasteiger partial charge is 0.368 e. The summed E-state index contributed by atoms with van der Waals surface area (Å²) in [4.78, 5) is 19.8. The van der Waals surface area contributed by atoms with Gasteiger partial charge in [-0.3, -0.25) is 4.79 Å². The van der Waals surface area contributed by atoms with Crippen molar-refractivity contribution in [2.24, 2.45) is 5.73 Å². The lowest BCUT2D eigenvalue weighted by atomic mass is 10.5. The molecule has 6 nitrogen and oxygen atoms in total. The molecule has 0 spiro atoms. The molecule has 1 heterocycles. The van der Waals surface area contributed by atoms with Gasteiger partial charge in [-0.15, -0.1) is 0 Å². The fourth-order valence-electron chi connectivity index (χ4n) is 0.891. The van der Waals surface area contributed by atoms with Crippen molar-refractivity contribution in [1.82, 2.24) is 9.97 Å².